The molecule has 1 amide bonds. The van der Waals surface area contributed by atoms with Gasteiger partial charge in [0.15, 0.2) is 0 Å². The first-order valence-electron chi connectivity index (χ1n) is 8.95. The maximum absolute atomic E-state index is 12.9. The molecule has 8 nitrogen and oxygen atoms in total. The summed E-state index contributed by atoms with van der Waals surface area (Å²) in [7, 11) is -2.10. The fourth-order valence-electron chi connectivity index (χ4n) is 2.86. The van der Waals surface area contributed by atoms with Crippen LogP contribution < -0.4 is 5.32 Å². The number of morpholine rings is 1. The Hall–Kier alpha value is -1.52. The first-order valence-corrected chi connectivity index (χ1v) is 10.4. The SMILES string of the molecule is COCCOCCNC(=O)c1cccc(S(=O)(=O)N2CC(C)OC(C)C2)c1. The first-order chi connectivity index (χ1) is 12.8. The van der Waals surface area contributed by atoms with Gasteiger partial charge in [0.25, 0.3) is 5.91 Å². The molecule has 9 heteroatoms. The topological polar surface area (TPSA) is 94.2 Å². The number of amides is 1. The van der Waals surface area contributed by atoms with Crippen molar-refractivity contribution in [2.45, 2.75) is 31.0 Å². The molecular weight excluding hydrogens is 372 g/mol. The summed E-state index contributed by atoms with van der Waals surface area (Å²) in [4.78, 5) is 12.4. The molecule has 2 atom stereocenters. The highest BCUT2D eigenvalue weighted by molar-refractivity contribution is 7.89. The number of nitrogens with one attached hydrogen (secondary N) is 1. The summed E-state index contributed by atoms with van der Waals surface area (Å²) in [5.41, 5.74) is 0.294. The van der Waals surface area contributed by atoms with Gasteiger partial charge < -0.3 is 19.5 Å². The third-order valence-electron chi connectivity index (χ3n) is 4.08. The Morgan fingerprint density at radius 1 is 1.22 bits per heavy atom. The van der Waals surface area contributed by atoms with E-state index in [0.29, 0.717) is 45.0 Å². The molecular formula is C18H28N2O6S. The van der Waals surface area contributed by atoms with Crippen molar-refractivity contribution >= 4 is 15.9 Å². The molecule has 1 saturated heterocycles. The average Bonchev–Trinajstić information content (AvgIpc) is 2.63. The second-order valence-electron chi connectivity index (χ2n) is 6.47. The highest BCUT2D eigenvalue weighted by Crippen LogP contribution is 2.21. The molecule has 1 fully saturated rings. The molecule has 27 heavy (non-hydrogen) atoms. The second kappa shape index (κ2) is 10.1. The van der Waals surface area contributed by atoms with E-state index in [1.165, 1.54) is 16.4 Å². The summed E-state index contributed by atoms with van der Waals surface area (Å²) in [6.45, 7) is 5.91. The number of rotatable bonds is 9. The molecule has 1 aliphatic rings. The van der Waals surface area contributed by atoms with Gasteiger partial charge in [0.1, 0.15) is 0 Å². The summed E-state index contributed by atoms with van der Waals surface area (Å²) in [6, 6.07) is 6.07. The first kappa shape index (κ1) is 21.8. The van der Waals surface area contributed by atoms with Crippen molar-refractivity contribution in [3.8, 4) is 0 Å². The zero-order valence-electron chi connectivity index (χ0n) is 16.0. The fourth-order valence-corrected chi connectivity index (χ4v) is 4.49. The Balaban J connectivity index is 2.00. The van der Waals surface area contributed by atoms with Crippen LogP contribution in [-0.2, 0) is 24.2 Å². The zero-order chi connectivity index (χ0) is 19.9. The molecule has 0 aromatic heterocycles. The number of nitrogens with zero attached hydrogens (tertiary/aromatic N) is 1. The van der Waals surface area contributed by atoms with Gasteiger partial charge in [-0.05, 0) is 32.0 Å². The molecule has 1 aliphatic heterocycles. The van der Waals surface area contributed by atoms with Crippen molar-refractivity contribution in [2.75, 3.05) is 46.6 Å². The maximum atomic E-state index is 12.9. The Labute approximate surface area is 160 Å². The molecule has 1 aromatic carbocycles. The van der Waals surface area contributed by atoms with Crippen molar-refractivity contribution in [3.63, 3.8) is 0 Å². The molecule has 0 aliphatic carbocycles. The Morgan fingerprint density at radius 3 is 2.59 bits per heavy atom. The van der Waals surface area contributed by atoms with E-state index in [1.807, 2.05) is 13.8 Å². The van der Waals surface area contributed by atoms with E-state index < -0.39 is 10.0 Å². The molecule has 0 bridgehead atoms. The van der Waals surface area contributed by atoms with Crippen molar-refractivity contribution in [3.05, 3.63) is 29.8 Å². The molecule has 0 saturated carbocycles. The number of hydrogen-bond acceptors (Lipinski definition) is 6. The standard InChI is InChI=1S/C18H28N2O6S/c1-14-12-20(13-15(2)26-14)27(22,23)17-6-4-5-16(11-17)18(21)19-7-8-25-10-9-24-3/h4-6,11,14-15H,7-10,12-13H2,1-3H3,(H,19,21). The minimum atomic E-state index is -3.68. The summed E-state index contributed by atoms with van der Waals surface area (Å²) < 4.78 is 43.0. The number of carbonyl (C=O) groups is 1. The third kappa shape index (κ3) is 6.25. The van der Waals surface area contributed by atoms with E-state index in [-0.39, 0.29) is 23.0 Å². The lowest BCUT2D eigenvalue weighted by molar-refractivity contribution is -0.0440. The van der Waals surface area contributed by atoms with Crippen molar-refractivity contribution in [1.29, 1.82) is 0 Å². The Bertz CT molecular complexity index is 714. The number of benzene rings is 1. The van der Waals surface area contributed by atoms with E-state index in [2.05, 4.69) is 5.32 Å². The molecule has 0 radical (unpaired) electrons. The van der Waals surface area contributed by atoms with Crippen LogP contribution in [0.5, 0.6) is 0 Å². The quantitative estimate of drug-likeness (QED) is 0.619. The molecule has 1 aromatic rings. The van der Waals surface area contributed by atoms with Crippen molar-refractivity contribution in [2.24, 2.45) is 0 Å². The largest absolute Gasteiger partial charge is 0.382 e. The Kier molecular flexibility index (Phi) is 8.18. The predicted molar refractivity (Wildman–Crippen MR) is 100 cm³/mol. The van der Waals surface area contributed by atoms with Gasteiger partial charge >= 0.3 is 0 Å². The van der Waals surface area contributed by atoms with E-state index in [0.717, 1.165) is 0 Å². The normalized spacial score (nSPS) is 21.1. The van der Waals surface area contributed by atoms with Gasteiger partial charge in [-0.1, -0.05) is 6.07 Å². The third-order valence-corrected chi connectivity index (χ3v) is 5.91. The van der Waals surface area contributed by atoms with Crippen LogP contribution in [0.25, 0.3) is 0 Å². The van der Waals surface area contributed by atoms with Crippen LogP contribution in [0.3, 0.4) is 0 Å². The molecule has 1 N–H and O–H groups in total. The zero-order valence-corrected chi connectivity index (χ0v) is 16.8. The highest BCUT2D eigenvalue weighted by Gasteiger charge is 2.32. The Morgan fingerprint density at radius 2 is 1.93 bits per heavy atom. The van der Waals surface area contributed by atoms with Crippen molar-refractivity contribution < 1.29 is 27.4 Å². The lowest BCUT2D eigenvalue weighted by Gasteiger charge is -2.34. The molecule has 2 unspecified atom stereocenters. The van der Waals surface area contributed by atoms with Gasteiger partial charge in [-0.2, -0.15) is 4.31 Å². The van der Waals surface area contributed by atoms with E-state index in [9.17, 15) is 13.2 Å². The number of methoxy groups -OCH3 is 1. The van der Waals surface area contributed by atoms with Gasteiger partial charge in [0.2, 0.25) is 10.0 Å². The van der Waals surface area contributed by atoms with E-state index >= 15 is 0 Å². The summed E-state index contributed by atoms with van der Waals surface area (Å²) in [5, 5.41) is 2.72. The monoisotopic (exact) mass is 400 g/mol. The van der Waals surface area contributed by atoms with Crippen LogP contribution in [0.1, 0.15) is 24.2 Å². The van der Waals surface area contributed by atoms with E-state index in [4.69, 9.17) is 14.2 Å². The number of hydrogen-bond donors (Lipinski definition) is 1. The lowest BCUT2D eigenvalue weighted by Crippen LogP contribution is -2.48. The molecule has 0 spiro atoms. The van der Waals surface area contributed by atoms with Crippen molar-refractivity contribution in [1.82, 2.24) is 9.62 Å². The summed E-state index contributed by atoms with van der Waals surface area (Å²) in [5.74, 6) is -0.342. The van der Waals surface area contributed by atoms with Gasteiger partial charge in [0.05, 0.1) is 36.9 Å². The highest BCUT2D eigenvalue weighted by atomic mass is 32.2. The molecule has 152 valence electrons. The minimum absolute atomic E-state index is 0.104. The van der Waals surface area contributed by atoms with Crippen LogP contribution in [0.4, 0.5) is 0 Å². The van der Waals surface area contributed by atoms with Gasteiger partial charge in [-0.15, -0.1) is 0 Å². The predicted octanol–water partition coefficient (Wildman–Crippen LogP) is 0.877. The minimum Gasteiger partial charge on any atom is -0.382 e. The van der Waals surface area contributed by atoms with Gasteiger partial charge in [0, 0.05) is 32.3 Å². The van der Waals surface area contributed by atoms with Crippen LogP contribution in [-0.4, -0.2) is 77.4 Å². The molecule has 2 rings (SSSR count). The van der Waals surface area contributed by atoms with Crippen LogP contribution >= 0.6 is 0 Å². The lowest BCUT2D eigenvalue weighted by atomic mass is 10.2. The van der Waals surface area contributed by atoms with Crippen LogP contribution in [0.15, 0.2) is 29.2 Å². The van der Waals surface area contributed by atoms with Crippen LogP contribution in [0.2, 0.25) is 0 Å². The number of sulfonamides is 1. The fraction of sp³-hybridized carbons (Fsp3) is 0.611. The second-order valence-corrected chi connectivity index (χ2v) is 8.41. The number of carbonyl (C=O) groups excluding carboxylic acids is 1. The molecule has 1 heterocycles. The average molecular weight is 400 g/mol. The smallest absolute Gasteiger partial charge is 0.251 e. The number of ether oxygens (including phenoxy) is 3. The van der Waals surface area contributed by atoms with Gasteiger partial charge in [-0.3, -0.25) is 4.79 Å². The van der Waals surface area contributed by atoms with Crippen LogP contribution in [0, 0.1) is 0 Å². The van der Waals surface area contributed by atoms with E-state index in [1.54, 1.807) is 19.2 Å². The summed E-state index contributed by atoms with van der Waals surface area (Å²) >= 11 is 0. The van der Waals surface area contributed by atoms with Gasteiger partial charge in [-0.25, -0.2) is 8.42 Å². The summed E-state index contributed by atoms with van der Waals surface area (Å²) in [6.07, 6.45) is -0.346. The maximum Gasteiger partial charge on any atom is 0.251 e.